The Hall–Kier alpha value is -1.54. The first kappa shape index (κ1) is 8.08. The Bertz CT molecular complexity index is 351. The fraction of sp³-hybridized carbons (Fsp3) is 0.0909. The molecule has 0 bridgehead atoms. The topological polar surface area (TPSA) is 33.4 Å². The van der Waals surface area contributed by atoms with Gasteiger partial charge in [0.15, 0.2) is 0 Å². The van der Waals surface area contributed by atoms with E-state index in [0.717, 1.165) is 11.1 Å². The lowest BCUT2D eigenvalue weighted by Crippen LogP contribution is -1.96. The summed E-state index contributed by atoms with van der Waals surface area (Å²) in [5.41, 5.74) is 1.66. The Morgan fingerprint density at radius 1 is 1.00 bits per heavy atom. The average molecular weight is 174 g/mol. The van der Waals surface area contributed by atoms with Crippen LogP contribution < -0.4 is 0 Å². The smallest absolute Gasteiger partial charge is 0.107 e. The second-order valence-electron chi connectivity index (χ2n) is 2.87. The molecule has 1 aromatic carbocycles. The fourth-order valence-electron chi connectivity index (χ4n) is 1.26. The average Bonchev–Trinajstić information content (AvgIpc) is 2.71. The van der Waals surface area contributed by atoms with Gasteiger partial charge in [-0.25, -0.2) is 0 Å². The van der Waals surface area contributed by atoms with E-state index in [4.69, 9.17) is 4.42 Å². The lowest BCUT2D eigenvalue weighted by Gasteiger charge is -2.07. The highest BCUT2D eigenvalue weighted by Gasteiger charge is 2.09. The second-order valence-corrected chi connectivity index (χ2v) is 2.87. The quantitative estimate of drug-likeness (QED) is 0.758. The zero-order chi connectivity index (χ0) is 9.10. The van der Waals surface area contributed by atoms with E-state index in [1.54, 1.807) is 18.6 Å². The number of hydrogen-bond acceptors (Lipinski definition) is 2. The molecular formula is C11H10O2. The Labute approximate surface area is 76.4 Å². The van der Waals surface area contributed by atoms with Crippen molar-refractivity contribution in [3.8, 4) is 0 Å². The largest absolute Gasteiger partial charge is 0.472 e. The van der Waals surface area contributed by atoms with Crippen molar-refractivity contribution in [3.63, 3.8) is 0 Å². The third-order valence-electron chi connectivity index (χ3n) is 1.97. The van der Waals surface area contributed by atoms with Crippen LogP contribution in [0.2, 0.25) is 0 Å². The van der Waals surface area contributed by atoms with Crippen LogP contribution in [0.15, 0.2) is 53.3 Å². The van der Waals surface area contributed by atoms with Gasteiger partial charge in [0.25, 0.3) is 0 Å². The van der Waals surface area contributed by atoms with Gasteiger partial charge in [-0.3, -0.25) is 0 Å². The van der Waals surface area contributed by atoms with Crippen molar-refractivity contribution >= 4 is 0 Å². The molecule has 2 heteroatoms. The van der Waals surface area contributed by atoms with E-state index >= 15 is 0 Å². The summed E-state index contributed by atoms with van der Waals surface area (Å²) >= 11 is 0. The maximum atomic E-state index is 9.82. The molecule has 2 nitrogen and oxygen atoms in total. The van der Waals surface area contributed by atoms with Gasteiger partial charge in [0.2, 0.25) is 0 Å². The SMILES string of the molecule is O[C@@H](c1ccccc1)c1ccoc1. The molecule has 13 heavy (non-hydrogen) atoms. The van der Waals surface area contributed by atoms with Crippen molar-refractivity contribution in [1.82, 2.24) is 0 Å². The van der Waals surface area contributed by atoms with Gasteiger partial charge in [0.05, 0.1) is 12.5 Å². The summed E-state index contributed by atoms with van der Waals surface area (Å²) < 4.78 is 4.90. The van der Waals surface area contributed by atoms with Crippen LogP contribution in [0, 0.1) is 0 Å². The van der Waals surface area contributed by atoms with E-state index in [9.17, 15) is 5.11 Å². The van der Waals surface area contributed by atoms with Gasteiger partial charge in [-0.2, -0.15) is 0 Å². The molecule has 1 atom stereocenters. The Morgan fingerprint density at radius 3 is 2.38 bits per heavy atom. The molecule has 0 saturated carbocycles. The van der Waals surface area contributed by atoms with E-state index < -0.39 is 6.10 Å². The third-order valence-corrected chi connectivity index (χ3v) is 1.97. The fourth-order valence-corrected chi connectivity index (χ4v) is 1.26. The van der Waals surface area contributed by atoms with Gasteiger partial charge in [0.1, 0.15) is 6.10 Å². The number of hydrogen-bond donors (Lipinski definition) is 1. The Balaban J connectivity index is 2.29. The minimum Gasteiger partial charge on any atom is -0.472 e. The molecule has 0 fully saturated rings. The van der Waals surface area contributed by atoms with Crippen LogP contribution in [0.1, 0.15) is 17.2 Å². The lowest BCUT2D eigenvalue weighted by molar-refractivity contribution is 0.219. The van der Waals surface area contributed by atoms with Crippen LogP contribution in [0.3, 0.4) is 0 Å². The summed E-state index contributed by atoms with van der Waals surface area (Å²) in [4.78, 5) is 0. The normalized spacial score (nSPS) is 12.7. The minimum atomic E-state index is -0.583. The zero-order valence-corrected chi connectivity index (χ0v) is 7.05. The highest BCUT2D eigenvalue weighted by Crippen LogP contribution is 2.21. The second kappa shape index (κ2) is 3.46. The van der Waals surface area contributed by atoms with Crippen molar-refractivity contribution in [1.29, 1.82) is 0 Å². The predicted octanol–water partition coefficient (Wildman–Crippen LogP) is 2.36. The highest BCUT2D eigenvalue weighted by molar-refractivity contribution is 5.26. The maximum Gasteiger partial charge on any atom is 0.107 e. The van der Waals surface area contributed by atoms with Crippen LogP contribution in [0.4, 0.5) is 0 Å². The lowest BCUT2D eigenvalue weighted by atomic mass is 10.1. The van der Waals surface area contributed by atoms with Gasteiger partial charge in [0, 0.05) is 5.56 Å². The molecule has 66 valence electrons. The minimum absolute atomic E-state index is 0.583. The van der Waals surface area contributed by atoms with Crippen molar-refractivity contribution in [2.75, 3.05) is 0 Å². The van der Waals surface area contributed by atoms with E-state index in [-0.39, 0.29) is 0 Å². The van der Waals surface area contributed by atoms with E-state index in [1.807, 2.05) is 30.3 Å². The highest BCUT2D eigenvalue weighted by atomic mass is 16.3. The van der Waals surface area contributed by atoms with Crippen LogP contribution in [-0.4, -0.2) is 5.11 Å². The predicted molar refractivity (Wildman–Crippen MR) is 49.2 cm³/mol. The molecule has 2 rings (SSSR count). The molecule has 2 aromatic rings. The first-order valence-corrected chi connectivity index (χ1v) is 4.13. The number of aliphatic hydroxyl groups is 1. The van der Waals surface area contributed by atoms with Crippen LogP contribution in [-0.2, 0) is 0 Å². The van der Waals surface area contributed by atoms with Gasteiger partial charge in [-0.1, -0.05) is 30.3 Å². The summed E-state index contributed by atoms with van der Waals surface area (Å²) in [7, 11) is 0. The molecule has 0 aliphatic carbocycles. The first-order chi connectivity index (χ1) is 6.38. The van der Waals surface area contributed by atoms with Gasteiger partial charge < -0.3 is 9.52 Å². The van der Waals surface area contributed by atoms with Crippen molar-refractivity contribution in [2.24, 2.45) is 0 Å². The Kier molecular flexibility index (Phi) is 2.15. The van der Waals surface area contributed by atoms with Crippen LogP contribution >= 0.6 is 0 Å². The molecule has 0 aliphatic heterocycles. The molecular weight excluding hydrogens is 164 g/mol. The number of furan rings is 1. The van der Waals surface area contributed by atoms with Crippen molar-refractivity contribution < 1.29 is 9.52 Å². The summed E-state index contributed by atoms with van der Waals surface area (Å²) in [5, 5.41) is 9.82. The van der Waals surface area contributed by atoms with Gasteiger partial charge in [-0.05, 0) is 11.6 Å². The van der Waals surface area contributed by atoms with Gasteiger partial charge in [-0.15, -0.1) is 0 Å². The van der Waals surface area contributed by atoms with Crippen LogP contribution in [0.5, 0.6) is 0 Å². The summed E-state index contributed by atoms with van der Waals surface area (Å²) in [6.45, 7) is 0. The summed E-state index contributed by atoms with van der Waals surface area (Å²) in [6.07, 6.45) is 2.53. The van der Waals surface area contributed by atoms with E-state index in [1.165, 1.54) is 0 Å². The molecule has 1 N–H and O–H groups in total. The molecule has 0 aliphatic rings. The standard InChI is InChI=1S/C11H10O2/c12-11(10-6-7-13-8-10)9-4-2-1-3-5-9/h1-8,11-12H/t11-/m0/s1. The van der Waals surface area contributed by atoms with E-state index in [2.05, 4.69) is 0 Å². The van der Waals surface area contributed by atoms with Crippen molar-refractivity contribution in [2.45, 2.75) is 6.10 Å². The summed E-state index contributed by atoms with van der Waals surface area (Å²) in [5.74, 6) is 0. The molecule has 0 spiro atoms. The zero-order valence-electron chi connectivity index (χ0n) is 7.05. The number of aliphatic hydroxyl groups excluding tert-OH is 1. The molecule has 0 saturated heterocycles. The first-order valence-electron chi connectivity index (χ1n) is 4.13. The van der Waals surface area contributed by atoms with Crippen molar-refractivity contribution in [3.05, 3.63) is 60.1 Å². The van der Waals surface area contributed by atoms with Gasteiger partial charge >= 0.3 is 0 Å². The van der Waals surface area contributed by atoms with Crippen LogP contribution in [0.25, 0.3) is 0 Å². The molecule has 1 heterocycles. The molecule has 0 radical (unpaired) electrons. The molecule has 0 amide bonds. The maximum absolute atomic E-state index is 9.82. The monoisotopic (exact) mass is 174 g/mol. The Morgan fingerprint density at radius 2 is 1.77 bits per heavy atom. The van der Waals surface area contributed by atoms with E-state index in [0.29, 0.717) is 0 Å². The molecule has 1 aromatic heterocycles. The molecule has 0 unspecified atom stereocenters. The third kappa shape index (κ3) is 1.63. The number of benzene rings is 1. The summed E-state index contributed by atoms with van der Waals surface area (Å²) in [6, 6.07) is 11.3. The number of rotatable bonds is 2.